The van der Waals surface area contributed by atoms with Crippen molar-refractivity contribution in [3.8, 4) is 5.75 Å². The van der Waals surface area contributed by atoms with E-state index in [1.54, 1.807) is 7.11 Å². The van der Waals surface area contributed by atoms with Crippen LogP contribution in [0.15, 0.2) is 18.2 Å². The van der Waals surface area contributed by atoms with E-state index in [-0.39, 0.29) is 0 Å². The molecule has 0 spiro atoms. The number of benzene rings is 1. The van der Waals surface area contributed by atoms with Crippen LogP contribution in [0.1, 0.15) is 17.5 Å². The summed E-state index contributed by atoms with van der Waals surface area (Å²) in [7, 11) is 1.64. The van der Waals surface area contributed by atoms with Crippen molar-refractivity contribution in [2.24, 2.45) is 5.73 Å². The Morgan fingerprint density at radius 3 is 2.88 bits per heavy atom. The van der Waals surface area contributed by atoms with Crippen molar-refractivity contribution in [1.29, 1.82) is 0 Å². The fourth-order valence-electron chi connectivity index (χ4n) is 2.09. The first kappa shape index (κ1) is 11.4. The number of nitrogens with two attached hydrogens (primary N) is 1. The highest BCUT2D eigenvalue weighted by molar-refractivity contribution is 6.65. The zero-order chi connectivity index (χ0) is 11.8. The van der Waals surface area contributed by atoms with Gasteiger partial charge in [-0.1, -0.05) is 6.07 Å². The molecule has 1 aromatic rings. The first-order valence-corrected chi connectivity index (χ1v) is 5.57. The lowest BCUT2D eigenvalue weighted by Gasteiger charge is -2.31. The minimum atomic E-state index is -0.900. The highest BCUT2D eigenvalue weighted by atomic mass is 35.5. The molecule has 3 nitrogen and oxygen atoms in total. The average Bonchev–Trinajstić information content (AvgIpc) is 2.28. The standard InChI is InChI=1S/C12H14ClNO2/c1-16-10-3-2-9-7-12(14,11(13)15)5-4-8(9)6-10/h2-3,6H,4-5,7,14H2,1H3. The summed E-state index contributed by atoms with van der Waals surface area (Å²) in [4.78, 5) is 11.3. The molecule has 1 aliphatic rings. The van der Waals surface area contributed by atoms with Crippen LogP contribution < -0.4 is 10.5 Å². The maximum absolute atomic E-state index is 11.3. The molecule has 2 rings (SSSR count). The van der Waals surface area contributed by atoms with Crippen molar-refractivity contribution in [2.75, 3.05) is 7.11 Å². The molecule has 1 atom stereocenters. The van der Waals surface area contributed by atoms with E-state index in [0.29, 0.717) is 12.8 Å². The van der Waals surface area contributed by atoms with Gasteiger partial charge < -0.3 is 10.5 Å². The minimum absolute atomic E-state index is 0.450. The fraction of sp³-hybridized carbons (Fsp3) is 0.417. The lowest BCUT2D eigenvalue weighted by molar-refractivity contribution is -0.116. The third-order valence-corrected chi connectivity index (χ3v) is 3.53. The predicted molar refractivity (Wildman–Crippen MR) is 62.8 cm³/mol. The van der Waals surface area contributed by atoms with Gasteiger partial charge in [-0.05, 0) is 54.1 Å². The van der Waals surface area contributed by atoms with Crippen LogP contribution in [0.25, 0.3) is 0 Å². The normalized spacial score (nSPS) is 23.7. The number of aryl methyl sites for hydroxylation is 1. The zero-order valence-electron chi connectivity index (χ0n) is 9.13. The zero-order valence-corrected chi connectivity index (χ0v) is 9.88. The van der Waals surface area contributed by atoms with Gasteiger partial charge in [0.15, 0.2) is 0 Å². The molecule has 1 unspecified atom stereocenters. The second-order valence-corrected chi connectivity index (χ2v) is 4.58. The van der Waals surface area contributed by atoms with Crippen LogP contribution in [0, 0.1) is 0 Å². The minimum Gasteiger partial charge on any atom is -0.497 e. The summed E-state index contributed by atoms with van der Waals surface area (Å²) in [5, 5.41) is -0.450. The molecule has 0 amide bonds. The van der Waals surface area contributed by atoms with Crippen molar-refractivity contribution >= 4 is 16.8 Å². The number of ether oxygens (including phenoxy) is 1. The molecule has 0 saturated carbocycles. The number of methoxy groups -OCH3 is 1. The number of carbonyl (C=O) groups excluding carboxylic acids is 1. The molecule has 0 heterocycles. The van der Waals surface area contributed by atoms with E-state index >= 15 is 0 Å². The molecule has 1 aliphatic carbocycles. The number of rotatable bonds is 2. The summed E-state index contributed by atoms with van der Waals surface area (Å²) in [6.45, 7) is 0. The largest absolute Gasteiger partial charge is 0.497 e. The summed E-state index contributed by atoms with van der Waals surface area (Å²) >= 11 is 5.53. The van der Waals surface area contributed by atoms with Crippen LogP contribution in [-0.4, -0.2) is 17.9 Å². The molecule has 0 radical (unpaired) electrons. The quantitative estimate of drug-likeness (QED) is 0.799. The lowest BCUT2D eigenvalue weighted by Crippen LogP contribution is -2.50. The summed E-state index contributed by atoms with van der Waals surface area (Å²) in [5.41, 5.74) is 7.35. The van der Waals surface area contributed by atoms with Gasteiger partial charge in [-0.25, -0.2) is 0 Å². The van der Waals surface area contributed by atoms with E-state index < -0.39 is 10.8 Å². The lowest BCUT2D eigenvalue weighted by atomic mass is 9.79. The first-order valence-electron chi connectivity index (χ1n) is 5.20. The Kier molecular flexibility index (Phi) is 2.91. The molecule has 2 N–H and O–H groups in total. The van der Waals surface area contributed by atoms with Gasteiger partial charge in [0.25, 0.3) is 0 Å². The first-order chi connectivity index (χ1) is 7.55. The Bertz CT molecular complexity index is 433. The molecule has 1 aromatic carbocycles. The van der Waals surface area contributed by atoms with Crippen molar-refractivity contribution in [3.63, 3.8) is 0 Å². The van der Waals surface area contributed by atoms with Gasteiger partial charge in [-0.2, -0.15) is 0 Å². The van der Waals surface area contributed by atoms with Crippen LogP contribution in [0.5, 0.6) is 5.75 Å². The van der Waals surface area contributed by atoms with Crippen LogP contribution >= 0.6 is 11.6 Å². The van der Waals surface area contributed by atoms with Gasteiger partial charge in [-0.3, -0.25) is 4.79 Å². The Balaban J connectivity index is 2.32. The Labute approximate surface area is 99.5 Å². The molecule has 86 valence electrons. The van der Waals surface area contributed by atoms with Gasteiger partial charge in [0, 0.05) is 0 Å². The van der Waals surface area contributed by atoms with E-state index in [9.17, 15) is 4.79 Å². The van der Waals surface area contributed by atoms with Crippen molar-refractivity contribution in [1.82, 2.24) is 0 Å². The van der Waals surface area contributed by atoms with Crippen LogP contribution in [0.3, 0.4) is 0 Å². The van der Waals surface area contributed by atoms with E-state index in [0.717, 1.165) is 17.7 Å². The van der Waals surface area contributed by atoms with Gasteiger partial charge in [0.1, 0.15) is 5.75 Å². The van der Waals surface area contributed by atoms with Gasteiger partial charge >= 0.3 is 0 Å². The average molecular weight is 240 g/mol. The van der Waals surface area contributed by atoms with Gasteiger partial charge in [0.05, 0.1) is 12.6 Å². The summed E-state index contributed by atoms with van der Waals surface area (Å²) in [5.74, 6) is 0.834. The molecular formula is C12H14ClNO2. The maximum atomic E-state index is 11.3. The van der Waals surface area contributed by atoms with E-state index in [1.807, 2.05) is 18.2 Å². The van der Waals surface area contributed by atoms with Gasteiger partial charge in [-0.15, -0.1) is 0 Å². The Morgan fingerprint density at radius 1 is 1.50 bits per heavy atom. The topological polar surface area (TPSA) is 52.3 Å². The molecule has 0 bridgehead atoms. The van der Waals surface area contributed by atoms with Gasteiger partial charge in [0.2, 0.25) is 5.24 Å². The fourth-order valence-corrected chi connectivity index (χ4v) is 2.25. The number of carbonyl (C=O) groups is 1. The summed E-state index contributed by atoms with van der Waals surface area (Å²) in [6, 6.07) is 5.83. The predicted octanol–water partition coefficient (Wildman–Crippen LogP) is 1.65. The van der Waals surface area contributed by atoms with E-state index in [1.165, 1.54) is 5.56 Å². The second-order valence-electron chi connectivity index (χ2n) is 4.24. The third-order valence-electron chi connectivity index (χ3n) is 3.15. The summed E-state index contributed by atoms with van der Waals surface area (Å²) < 4.78 is 5.16. The van der Waals surface area contributed by atoms with Crippen LogP contribution in [-0.2, 0) is 17.6 Å². The highest BCUT2D eigenvalue weighted by Gasteiger charge is 2.36. The molecule has 16 heavy (non-hydrogen) atoms. The maximum Gasteiger partial charge on any atom is 0.241 e. The van der Waals surface area contributed by atoms with Crippen molar-refractivity contribution in [3.05, 3.63) is 29.3 Å². The van der Waals surface area contributed by atoms with E-state index in [2.05, 4.69) is 0 Å². The highest BCUT2D eigenvalue weighted by Crippen LogP contribution is 2.30. The Morgan fingerprint density at radius 2 is 2.25 bits per heavy atom. The second kappa shape index (κ2) is 4.07. The molecule has 0 aliphatic heterocycles. The molecule has 0 saturated heterocycles. The molecule has 0 fully saturated rings. The smallest absolute Gasteiger partial charge is 0.241 e. The molecular weight excluding hydrogens is 226 g/mol. The van der Waals surface area contributed by atoms with Crippen molar-refractivity contribution in [2.45, 2.75) is 24.8 Å². The monoisotopic (exact) mass is 239 g/mol. The Hall–Kier alpha value is -1.06. The number of fused-ring (bicyclic) bond motifs is 1. The van der Waals surface area contributed by atoms with Crippen molar-refractivity contribution < 1.29 is 9.53 Å². The SMILES string of the molecule is COc1ccc2c(c1)CCC(N)(C(=O)Cl)C2. The van der Waals surface area contributed by atoms with Crippen LogP contribution in [0.2, 0.25) is 0 Å². The number of halogens is 1. The third kappa shape index (κ3) is 1.93. The number of hydrogen-bond acceptors (Lipinski definition) is 3. The van der Waals surface area contributed by atoms with Crippen LogP contribution in [0.4, 0.5) is 0 Å². The molecule has 4 heteroatoms. The molecule has 0 aromatic heterocycles. The van der Waals surface area contributed by atoms with E-state index in [4.69, 9.17) is 22.1 Å². The summed E-state index contributed by atoms with van der Waals surface area (Å²) in [6.07, 6.45) is 1.87. The number of hydrogen-bond donors (Lipinski definition) is 1.